The smallest absolute Gasteiger partial charge is 0.230 e. The Balaban J connectivity index is 1.51. The van der Waals surface area contributed by atoms with E-state index in [9.17, 15) is 9.59 Å². The number of hydrogen-bond donors (Lipinski definition) is 3. The summed E-state index contributed by atoms with van der Waals surface area (Å²) in [7, 11) is 0. The molecule has 1 aliphatic carbocycles. The molecule has 6 heteroatoms. The van der Waals surface area contributed by atoms with Crippen molar-refractivity contribution in [2.45, 2.75) is 25.3 Å². The average Bonchev–Trinajstić information content (AvgIpc) is 2.84. The van der Waals surface area contributed by atoms with Crippen molar-refractivity contribution < 1.29 is 14.3 Å². The summed E-state index contributed by atoms with van der Waals surface area (Å²) < 4.78 is 5.48. The zero-order valence-electron chi connectivity index (χ0n) is 11.0. The normalized spacial score (nSPS) is 40.5. The van der Waals surface area contributed by atoms with Crippen LogP contribution in [0.5, 0.6) is 0 Å². The minimum absolute atomic E-state index is 0.113. The van der Waals surface area contributed by atoms with Gasteiger partial charge in [0.1, 0.15) is 0 Å². The van der Waals surface area contributed by atoms with Gasteiger partial charge in [-0.2, -0.15) is 0 Å². The summed E-state index contributed by atoms with van der Waals surface area (Å²) in [6.45, 7) is 2.77. The van der Waals surface area contributed by atoms with Crippen LogP contribution in [0.25, 0.3) is 0 Å². The van der Waals surface area contributed by atoms with Crippen molar-refractivity contribution in [1.29, 1.82) is 0 Å². The largest absolute Gasteiger partial charge is 0.380 e. The standard InChI is InChI=1S/C13H21N3O3/c14-11(17)3-8-1-10(2-8)16-12(18)13-6-15-4-9(13)5-19-7-13/h8-10,15H,1-7H2,(H2,14,17)(H,16,18)/t8?,9-,10?,13-/m0/s1. The quantitative estimate of drug-likeness (QED) is 0.608. The van der Waals surface area contributed by atoms with Gasteiger partial charge in [-0.25, -0.2) is 0 Å². The number of ether oxygens (including phenoxy) is 1. The second-order valence-electron chi connectivity index (χ2n) is 6.18. The summed E-state index contributed by atoms with van der Waals surface area (Å²) in [6, 6.07) is 0.202. The van der Waals surface area contributed by atoms with Gasteiger partial charge >= 0.3 is 0 Å². The maximum Gasteiger partial charge on any atom is 0.230 e. The van der Waals surface area contributed by atoms with Crippen LogP contribution in [0.1, 0.15) is 19.3 Å². The number of nitrogens with one attached hydrogen (secondary N) is 2. The minimum atomic E-state index is -0.366. The molecule has 0 aromatic rings. The monoisotopic (exact) mass is 267 g/mol. The maximum absolute atomic E-state index is 12.5. The fourth-order valence-corrected chi connectivity index (χ4v) is 3.54. The number of primary amides is 1. The Morgan fingerprint density at radius 1 is 1.42 bits per heavy atom. The lowest BCUT2D eigenvalue weighted by molar-refractivity contribution is -0.133. The molecule has 106 valence electrons. The second kappa shape index (κ2) is 4.76. The van der Waals surface area contributed by atoms with E-state index >= 15 is 0 Å². The summed E-state index contributed by atoms with van der Waals surface area (Å²) in [5, 5.41) is 6.40. The van der Waals surface area contributed by atoms with E-state index in [1.165, 1.54) is 0 Å². The van der Waals surface area contributed by atoms with E-state index in [4.69, 9.17) is 10.5 Å². The second-order valence-corrected chi connectivity index (χ2v) is 6.18. The van der Waals surface area contributed by atoms with Gasteiger partial charge in [0, 0.05) is 31.5 Å². The van der Waals surface area contributed by atoms with Gasteiger partial charge in [0.2, 0.25) is 11.8 Å². The van der Waals surface area contributed by atoms with Crippen molar-refractivity contribution >= 4 is 11.8 Å². The Bertz CT molecular complexity index is 383. The fraction of sp³-hybridized carbons (Fsp3) is 0.846. The Morgan fingerprint density at radius 2 is 2.21 bits per heavy atom. The van der Waals surface area contributed by atoms with Gasteiger partial charge in [-0.15, -0.1) is 0 Å². The third-order valence-electron chi connectivity index (χ3n) is 4.80. The lowest BCUT2D eigenvalue weighted by atomic mass is 9.76. The molecule has 4 N–H and O–H groups in total. The first-order valence-corrected chi connectivity index (χ1v) is 6.98. The molecule has 0 bridgehead atoms. The SMILES string of the molecule is NC(=O)CC1CC(NC(=O)[C@]23CNC[C@H]2COC3)C1. The molecule has 2 saturated heterocycles. The number of amides is 2. The van der Waals surface area contributed by atoms with Crippen LogP contribution in [-0.4, -0.2) is 44.2 Å². The molecule has 2 atom stereocenters. The molecule has 1 saturated carbocycles. The van der Waals surface area contributed by atoms with Crippen molar-refractivity contribution in [3.05, 3.63) is 0 Å². The van der Waals surface area contributed by atoms with Gasteiger partial charge in [-0.1, -0.05) is 0 Å². The molecule has 0 spiro atoms. The molecule has 2 amide bonds. The molecule has 2 heterocycles. The van der Waals surface area contributed by atoms with Crippen molar-refractivity contribution in [2.24, 2.45) is 23.0 Å². The lowest BCUT2D eigenvalue weighted by Crippen LogP contribution is -2.53. The van der Waals surface area contributed by atoms with E-state index < -0.39 is 0 Å². The highest BCUT2D eigenvalue weighted by molar-refractivity contribution is 5.84. The Labute approximate surface area is 112 Å². The molecule has 3 aliphatic rings. The van der Waals surface area contributed by atoms with Crippen molar-refractivity contribution in [2.75, 3.05) is 26.3 Å². The van der Waals surface area contributed by atoms with Gasteiger partial charge in [0.05, 0.1) is 18.6 Å². The third-order valence-corrected chi connectivity index (χ3v) is 4.80. The topological polar surface area (TPSA) is 93.5 Å². The van der Waals surface area contributed by atoms with E-state index in [1.54, 1.807) is 0 Å². The molecule has 2 aliphatic heterocycles. The van der Waals surface area contributed by atoms with Crippen LogP contribution in [-0.2, 0) is 14.3 Å². The van der Waals surface area contributed by atoms with Crippen LogP contribution < -0.4 is 16.4 Å². The molecule has 6 nitrogen and oxygen atoms in total. The van der Waals surface area contributed by atoms with Crippen LogP contribution in [0.4, 0.5) is 0 Å². The van der Waals surface area contributed by atoms with E-state index in [0.29, 0.717) is 38.0 Å². The van der Waals surface area contributed by atoms with Crippen LogP contribution in [0, 0.1) is 17.3 Å². The Kier molecular flexibility index (Phi) is 3.22. The zero-order chi connectivity index (χ0) is 13.5. The molecular weight excluding hydrogens is 246 g/mol. The number of carbonyl (C=O) groups is 2. The van der Waals surface area contributed by atoms with Crippen molar-refractivity contribution in [1.82, 2.24) is 10.6 Å². The highest BCUT2D eigenvalue weighted by Gasteiger charge is 2.53. The molecule has 0 radical (unpaired) electrons. The van der Waals surface area contributed by atoms with Crippen molar-refractivity contribution in [3.63, 3.8) is 0 Å². The van der Waals surface area contributed by atoms with Gasteiger partial charge in [-0.05, 0) is 18.8 Å². The number of rotatable bonds is 4. The summed E-state index contributed by atoms with van der Waals surface area (Å²) in [6.07, 6.45) is 2.16. The first kappa shape index (κ1) is 12.9. The zero-order valence-corrected chi connectivity index (χ0v) is 11.0. The third kappa shape index (κ3) is 2.23. The van der Waals surface area contributed by atoms with Gasteiger partial charge in [-0.3, -0.25) is 9.59 Å². The van der Waals surface area contributed by atoms with Crippen LogP contribution >= 0.6 is 0 Å². The van der Waals surface area contributed by atoms with Crippen LogP contribution in [0.3, 0.4) is 0 Å². The summed E-state index contributed by atoms with van der Waals surface area (Å²) in [4.78, 5) is 23.3. The van der Waals surface area contributed by atoms with Crippen molar-refractivity contribution in [3.8, 4) is 0 Å². The predicted molar refractivity (Wildman–Crippen MR) is 68.1 cm³/mol. The van der Waals surface area contributed by atoms with Crippen LogP contribution in [0.15, 0.2) is 0 Å². The maximum atomic E-state index is 12.5. The summed E-state index contributed by atoms with van der Waals surface area (Å²) in [5.41, 5.74) is 4.80. The number of nitrogens with two attached hydrogens (primary N) is 1. The molecule has 19 heavy (non-hydrogen) atoms. The molecule has 0 aromatic carbocycles. The Morgan fingerprint density at radius 3 is 2.95 bits per heavy atom. The van der Waals surface area contributed by atoms with E-state index in [1.807, 2.05) is 0 Å². The molecule has 0 aromatic heterocycles. The first-order valence-electron chi connectivity index (χ1n) is 6.98. The predicted octanol–water partition coefficient (Wildman–Crippen LogP) is -1.01. The first-order chi connectivity index (χ1) is 9.10. The fourth-order valence-electron chi connectivity index (χ4n) is 3.54. The van der Waals surface area contributed by atoms with E-state index in [-0.39, 0.29) is 23.3 Å². The van der Waals surface area contributed by atoms with E-state index in [2.05, 4.69) is 10.6 Å². The highest BCUT2D eigenvalue weighted by atomic mass is 16.5. The summed E-state index contributed by atoms with van der Waals surface area (Å²) >= 11 is 0. The molecular formula is C13H21N3O3. The number of fused-ring (bicyclic) bond motifs is 1. The molecule has 3 fully saturated rings. The van der Waals surface area contributed by atoms with Gasteiger partial charge in [0.15, 0.2) is 0 Å². The van der Waals surface area contributed by atoms with Gasteiger partial charge in [0.25, 0.3) is 0 Å². The van der Waals surface area contributed by atoms with Crippen LogP contribution in [0.2, 0.25) is 0 Å². The number of hydrogen-bond acceptors (Lipinski definition) is 4. The lowest BCUT2D eigenvalue weighted by Gasteiger charge is -2.37. The van der Waals surface area contributed by atoms with E-state index in [0.717, 1.165) is 19.4 Å². The van der Waals surface area contributed by atoms with Gasteiger partial charge < -0.3 is 21.1 Å². The minimum Gasteiger partial charge on any atom is -0.380 e. The Hall–Kier alpha value is -1.14. The number of carbonyl (C=O) groups excluding carboxylic acids is 2. The molecule has 3 rings (SSSR count). The molecule has 0 unspecified atom stereocenters. The highest BCUT2D eigenvalue weighted by Crippen LogP contribution is 2.39. The summed E-state index contributed by atoms with van der Waals surface area (Å²) in [5.74, 6) is 0.506. The average molecular weight is 267 g/mol.